The molecule has 1 amide bonds. The fraction of sp³-hybridized carbons (Fsp3) is 0.111. The lowest BCUT2D eigenvalue weighted by atomic mass is 10.2. The fourth-order valence-corrected chi connectivity index (χ4v) is 3.97. The van der Waals surface area contributed by atoms with Gasteiger partial charge in [-0.05, 0) is 30.0 Å². The van der Waals surface area contributed by atoms with Crippen molar-refractivity contribution in [1.29, 1.82) is 0 Å². The van der Waals surface area contributed by atoms with E-state index >= 15 is 0 Å². The van der Waals surface area contributed by atoms with E-state index in [9.17, 15) is 4.79 Å². The Bertz CT molecular complexity index is 846. The van der Waals surface area contributed by atoms with Gasteiger partial charge in [0.15, 0.2) is 5.13 Å². The van der Waals surface area contributed by atoms with Crippen LogP contribution in [0.4, 0.5) is 5.13 Å². The van der Waals surface area contributed by atoms with E-state index in [-0.39, 0.29) is 5.91 Å². The second-order valence-corrected chi connectivity index (χ2v) is 8.01. The maximum absolute atomic E-state index is 12.5. The first-order valence-electron chi connectivity index (χ1n) is 7.42. The predicted molar refractivity (Wildman–Crippen MR) is 106 cm³/mol. The van der Waals surface area contributed by atoms with E-state index in [2.05, 4.69) is 33.2 Å². The number of benzene rings is 2. The third-order valence-corrected chi connectivity index (χ3v) is 5.54. The Hall–Kier alpha value is -1.63. The highest BCUT2D eigenvalue weighted by Gasteiger charge is 2.13. The monoisotopic (exact) mass is 418 g/mol. The number of anilines is 1. The molecule has 0 spiro atoms. The topological polar surface area (TPSA) is 42.0 Å². The van der Waals surface area contributed by atoms with Gasteiger partial charge in [0.25, 0.3) is 5.91 Å². The van der Waals surface area contributed by atoms with Crippen LogP contribution in [0.3, 0.4) is 0 Å². The number of carbonyl (C=O) groups excluding carboxylic acids is 1. The average molecular weight is 419 g/mol. The zero-order valence-corrected chi connectivity index (χ0v) is 16.2. The van der Waals surface area contributed by atoms with Crippen molar-refractivity contribution in [3.8, 4) is 11.3 Å². The Labute approximate surface area is 157 Å². The van der Waals surface area contributed by atoms with Gasteiger partial charge in [-0.15, -0.1) is 23.1 Å². The number of halogens is 1. The van der Waals surface area contributed by atoms with E-state index in [0.717, 1.165) is 26.4 Å². The van der Waals surface area contributed by atoms with E-state index in [1.807, 2.05) is 53.9 Å². The normalized spacial score (nSPS) is 10.6. The molecule has 2 aromatic carbocycles. The van der Waals surface area contributed by atoms with Crippen LogP contribution in [0.1, 0.15) is 17.3 Å². The molecule has 122 valence electrons. The van der Waals surface area contributed by atoms with Crippen molar-refractivity contribution < 1.29 is 4.79 Å². The molecule has 0 fully saturated rings. The van der Waals surface area contributed by atoms with E-state index in [1.165, 1.54) is 11.3 Å². The van der Waals surface area contributed by atoms with Crippen LogP contribution in [0.25, 0.3) is 11.3 Å². The van der Waals surface area contributed by atoms with Crippen molar-refractivity contribution in [2.45, 2.75) is 11.8 Å². The summed E-state index contributed by atoms with van der Waals surface area (Å²) in [6, 6.07) is 15.6. The zero-order chi connectivity index (χ0) is 16.9. The van der Waals surface area contributed by atoms with Crippen LogP contribution in [0.2, 0.25) is 0 Å². The van der Waals surface area contributed by atoms with E-state index in [0.29, 0.717) is 10.7 Å². The molecule has 3 rings (SSSR count). The average Bonchev–Trinajstić information content (AvgIpc) is 3.05. The molecule has 0 atom stereocenters. The first kappa shape index (κ1) is 17.2. The maximum Gasteiger partial charge on any atom is 0.258 e. The van der Waals surface area contributed by atoms with Crippen molar-refractivity contribution >= 4 is 50.1 Å². The summed E-state index contributed by atoms with van der Waals surface area (Å²) < 4.78 is 1.03. The minimum absolute atomic E-state index is 0.122. The quantitative estimate of drug-likeness (QED) is 0.521. The Kier molecular flexibility index (Phi) is 5.71. The summed E-state index contributed by atoms with van der Waals surface area (Å²) in [6.07, 6.45) is 0. The van der Waals surface area contributed by atoms with Crippen LogP contribution in [-0.4, -0.2) is 16.6 Å². The number of thioether (sulfide) groups is 1. The molecule has 0 saturated carbocycles. The number of hydrogen-bond acceptors (Lipinski definition) is 4. The van der Waals surface area contributed by atoms with Gasteiger partial charge in [-0.3, -0.25) is 10.1 Å². The number of hydrogen-bond donors (Lipinski definition) is 1. The van der Waals surface area contributed by atoms with Gasteiger partial charge in [0.05, 0.1) is 11.3 Å². The van der Waals surface area contributed by atoms with Gasteiger partial charge in [-0.1, -0.05) is 47.1 Å². The summed E-state index contributed by atoms with van der Waals surface area (Å²) in [4.78, 5) is 18.0. The van der Waals surface area contributed by atoms with Gasteiger partial charge < -0.3 is 0 Å². The lowest BCUT2D eigenvalue weighted by Gasteiger charge is -2.07. The van der Waals surface area contributed by atoms with Crippen LogP contribution >= 0.6 is 39.0 Å². The van der Waals surface area contributed by atoms with Crippen molar-refractivity contribution in [1.82, 2.24) is 4.98 Å². The lowest BCUT2D eigenvalue weighted by molar-refractivity contribution is 0.102. The molecule has 3 aromatic rings. The molecule has 0 bridgehead atoms. The third kappa shape index (κ3) is 4.06. The molecule has 6 heteroatoms. The molecule has 0 aliphatic heterocycles. The summed E-state index contributed by atoms with van der Waals surface area (Å²) >= 11 is 6.52. The molecule has 3 nitrogen and oxygen atoms in total. The number of nitrogens with one attached hydrogen (secondary N) is 1. The standard InChI is InChI=1S/C18H15BrN2OS2/c1-2-23-16-6-4-3-5-14(16)17(22)21-18-20-15(11-24-18)12-7-9-13(19)10-8-12/h3-11H,2H2,1H3,(H,20,21,22). The lowest BCUT2D eigenvalue weighted by Crippen LogP contribution is -2.12. The number of nitrogens with zero attached hydrogens (tertiary/aromatic N) is 1. The third-order valence-electron chi connectivity index (χ3n) is 3.30. The van der Waals surface area contributed by atoms with Crippen LogP contribution in [0.5, 0.6) is 0 Å². The van der Waals surface area contributed by atoms with Crippen molar-refractivity contribution in [3.63, 3.8) is 0 Å². The molecule has 1 aromatic heterocycles. The van der Waals surface area contributed by atoms with Gasteiger partial charge in [0.1, 0.15) is 0 Å². The largest absolute Gasteiger partial charge is 0.298 e. The van der Waals surface area contributed by atoms with Crippen molar-refractivity contribution in [2.75, 3.05) is 11.1 Å². The first-order valence-corrected chi connectivity index (χ1v) is 10.1. The number of thiazole rings is 1. The number of aromatic nitrogens is 1. The molecule has 1 heterocycles. The first-order chi connectivity index (χ1) is 11.7. The summed E-state index contributed by atoms with van der Waals surface area (Å²) in [5.74, 6) is 0.804. The van der Waals surface area contributed by atoms with Gasteiger partial charge in [-0.2, -0.15) is 0 Å². The molecule has 1 N–H and O–H groups in total. The summed E-state index contributed by atoms with van der Waals surface area (Å²) in [5.41, 5.74) is 2.57. The van der Waals surface area contributed by atoms with E-state index in [4.69, 9.17) is 0 Å². The second-order valence-electron chi connectivity index (χ2n) is 4.93. The highest BCUT2D eigenvalue weighted by molar-refractivity contribution is 9.10. The molecular weight excluding hydrogens is 404 g/mol. The van der Waals surface area contributed by atoms with E-state index in [1.54, 1.807) is 11.8 Å². The SMILES string of the molecule is CCSc1ccccc1C(=O)Nc1nc(-c2ccc(Br)cc2)cs1. The molecule has 0 saturated heterocycles. The number of rotatable bonds is 5. The van der Waals surface area contributed by atoms with Crippen molar-refractivity contribution in [2.24, 2.45) is 0 Å². The van der Waals surface area contributed by atoms with Crippen LogP contribution in [-0.2, 0) is 0 Å². The highest BCUT2D eigenvalue weighted by atomic mass is 79.9. The number of amides is 1. The van der Waals surface area contributed by atoms with Crippen LogP contribution in [0, 0.1) is 0 Å². The molecule has 24 heavy (non-hydrogen) atoms. The molecule has 0 aliphatic carbocycles. The van der Waals surface area contributed by atoms with Crippen molar-refractivity contribution in [3.05, 3.63) is 63.9 Å². The van der Waals surface area contributed by atoms with Gasteiger partial charge in [-0.25, -0.2) is 4.98 Å². The predicted octanol–water partition coefficient (Wildman–Crippen LogP) is 5.94. The zero-order valence-electron chi connectivity index (χ0n) is 13.0. The van der Waals surface area contributed by atoms with Gasteiger partial charge in [0.2, 0.25) is 0 Å². The Morgan fingerprint density at radius 3 is 2.71 bits per heavy atom. The minimum atomic E-state index is -0.122. The number of carbonyl (C=O) groups is 1. The minimum Gasteiger partial charge on any atom is -0.298 e. The molecular formula is C18H15BrN2OS2. The Morgan fingerprint density at radius 1 is 1.21 bits per heavy atom. The summed E-state index contributed by atoms with van der Waals surface area (Å²) in [7, 11) is 0. The molecule has 0 aliphatic rings. The van der Waals surface area contributed by atoms with E-state index < -0.39 is 0 Å². The maximum atomic E-state index is 12.5. The summed E-state index contributed by atoms with van der Waals surface area (Å²) in [5, 5.41) is 5.46. The van der Waals surface area contributed by atoms with Gasteiger partial charge >= 0.3 is 0 Å². The fourth-order valence-electron chi connectivity index (χ4n) is 2.18. The van der Waals surface area contributed by atoms with Crippen LogP contribution < -0.4 is 5.32 Å². The Morgan fingerprint density at radius 2 is 1.96 bits per heavy atom. The smallest absolute Gasteiger partial charge is 0.258 e. The Balaban J connectivity index is 1.77. The van der Waals surface area contributed by atoms with Gasteiger partial charge in [0, 0.05) is 20.3 Å². The highest BCUT2D eigenvalue weighted by Crippen LogP contribution is 2.27. The second kappa shape index (κ2) is 7.96. The molecule has 0 radical (unpaired) electrons. The molecule has 0 unspecified atom stereocenters. The summed E-state index contributed by atoms with van der Waals surface area (Å²) in [6.45, 7) is 2.07. The van der Waals surface area contributed by atoms with Crippen LogP contribution in [0.15, 0.2) is 63.3 Å².